The van der Waals surface area contributed by atoms with Crippen LogP contribution in [0.4, 0.5) is 11.4 Å². The minimum atomic E-state index is 0.209. The van der Waals surface area contributed by atoms with Crippen molar-refractivity contribution < 1.29 is 0 Å². The number of fused-ring (bicyclic) bond motifs is 1. The summed E-state index contributed by atoms with van der Waals surface area (Å²) in [7, 11) is 2.20. The van der Waals surface area contributed by atoms with Crippen molar-refractivity contribution in [3.63, 3.8) is 0 Å². The van der Waals surface area contributed by atoms with Gasteiger partial charge in [0, 0.05) is 24.5 Å². The molecule has 126 valence electrons. The van der Waals surface area contributed by atoms with Crippen LogP contribution in [0, 0.1) is 13.8 Å². The Morgan fingerprint density at radius 2 is 1.88 bits per heavy atom. The van der Waals surface area contributed by atoms with E-state index in [0.29, 0.717) is 5.92 Å². The normalized spacial score (nSPS) is 19.6. The highest BCUT2D eigenvalue weighted by molar-refractivity contribution is 5.84. The van der Waals surface area contributed by atoms with Gasteiger partial charge in [0.1, 0.15) is 0 Å². The summed E-state index contributed by atoms with van der Waals surface area (Å²) in [5, 5.41) is 0. The molecule has 0 N–H and O–H groups in total. The minimum absolute atomic E-state index is 0.209. The van der Waals surface area contributed by atoms with Gasteiger partial charge in [-0.25, -0.2) is 0 Å². The number of hydrogen-bond acceptors (Lipinski definition) is 2. The molecule has 0 radical (unpaired) electrons. The average molecular weight is 320 g/mol. The average Bonchev–Trinajstić information content (AvgIpc) is 2.51. The maximum Gasteiger partial charge on any atom is 0.0659 e. The molecule has 0 aliphatic carbocycles. The molecule has 1 aliphatic rings. The van der Waals surface area contributed by atoms with Gasteiger partial charge in [-0.05, 0) is 74.9 Å². The van der Waals surface area contributed by atoms with Crippen molar-refractivity contribution in [2.24, 2.45) is 4.99 Å². The van der Waals surface area contributed by atoms with Crippen LogP contribution in [0.5, 0.6) is 0 Å². The lowest BCUT2D eigenvalue weighted by atomic mass is 9.80. The molecule has 2 aromatic rings. The van der Waals surface area contributed by atoms with E-state index in [1.165, 1.54) is 34.4 Å². The lowest BCUT2D eigenvalue weighted by molar-refractivity contribution is 0.395. The second-order valence-corrected chi connectivity index (χ2v) is 7.84. The van der Waals surface area contributed by atoms with Crippen LogP contribution in [0.1, 0.15) is 55.4 Å². The molecule has 0 amide bonds. The van der Waals surface area contributed by atoms with E-state index in [9.17, 15) is 0 Å². The second-order valence-electron chi connectivity index (χ2n) is 7.84. The molecule has 0 aromatic heterocycles. The summed E-state index contributed by atoms with van der Waals surface area (Å²) in [6.45, 7) is 11.2. The van der Waals surface area contributed by atoms with Gasteiger partial charge in [0.15, 0.2) is 0 Å². The van der Waals surface area contributed by atoms with E-state index in [2.05, 4.69) is 83.0 Å². The predicted molar refractivity (Wildman–Crippen MR) is 105 cm³/mol. The van der Waals surface area contributed by atoms with E-state index >= 15 is 0 Å². The number of benzene rings is 2. The quantitative estimate of drug-likeness (QED) is 0.641. The highest BCUT2D eigenvalue weighted by atomic mass is 15.2. The third-order valence-corrected chi connectivity index (χ3v) is 5.36. The maximum absolute atomic E-state index is 4.70. The fourth-order valence-corrected chi connectivity index (χ4v) is 3.77. The van der Waals surface area contributed by atoms with Crippen LogP contribution in [0.3, 0.4) is 0 Å². The van der Waals surface area contributed by atoms with Crippen molar-refractivity contribution in [1.82, 2.24) is 0 Å². The first-order valence-electron chi connectivity index (χ1n) is 8.77. The summed E-state index contributed by atoms with van der Waals surface area (Å²) in [6.07, 6.45) is 3.17. The molecule has 0 bridgehead atoms. The van der Waals surface area contributed by atoms with Gasteiger partial charge in [0.2, 0.25) is 0 Å². The molecule has 1 aliphatic heterocycles. The molecular weight excluding hydrogens is 292 g/mol. The monoisotopic (exact) mass is 320 g/mol. The molecule has 1 atom stereocenters. The van der Waals surface area contributed by atoms with Crippen molar-refractivity contribution >= 4 is 17.6 Å². The maximum atomic E-state index is 4.70. The molecule has 1 heterocycles. The number of anilines is 1. The second kappa shape index (κ2) is 6.08. The molecule has 3 rings (SSSR count). The SMILES string of the molecule is Cc1ccc(N=Cc2ccc3c(c2)C(C)CC(C)(C)N3C)c(C)c1. The topological polar surface area (TPSA) is 15.6 Å². The Labute approximate surface area is 146 Å². The van der Waals surface area contributed by atoms with Gasteiger partial charge >= 0.3 is 0 Å². The number of aryl methyl sites for hydroxylation is 2. The van der Waals surface area contributed by atoms with Crippen LogP contribution in [-0.2, 0) is 0 Å². The largest absolute Gasteiger partial charge is 0.369 e. The minimum Gasteiger partial charge on any atom is -0.369 e. The van der Waals surface area contributed by atoms with E-state index in [1.54, 1.807) is 0 Å². The highest BCUT2D eigenvalue weighted by Gasteiger charge is 2.33. The van der Waals surface area contributed by atoms with E-state index < -0.39 is 0 Å². The third kappa shape index (κ3) is 3.10. The van der Waals surface area contributed by atoms with Crippen LogP contribution >= 0.6 is 0 Å². The zero-order valence-electron chi connectivity index (χ0n) is 15.7. The zero-order chi connectivity index (χ0) is 17.5. The Kier molecular flexibility index (Phi) is 4.25. The summed E-state index contributed by atoms with van der Waals surface area (Å²) >= 11 is 0. The summed E-state index contributed by atoms with van der Waals surface area (Å²) in [6, 6.07) is 13.1. The summed E-state index contributed by atoms with van der Waals surface area (Å²) in [4.78, 5) is 7.11. The van der Waals surface area contributed by atoms with Crippen molar-refractivity contribution in [2.45, 2.75) is 52.5 Å². The van der Waals surface area contributed by atoms with Crippen molar-refractivity contribution in [1.29, 1.82) is 0 Å². The van der Waals surface area contributed by atoms with Gasteiger partial charge < -0.3 is 4.90 Å². The van der Waals surface area contributed by atoms with E-state index in [1.807, 2.05) is 6.21 Å². The van der Waals surface area contributed by atoms with Gasteiger partial charge in [-0.2, -0.15) is 0 Å². The molecule has 0 saturated heterocycles. The summed E-state index contributed by atoms with van der Waals surface area (Å²) in [5.74, 6) is 0.570. The first-order chi connectivity index (χ1) is 11.3. The Balaban J connectivity index is 1.92. The molecule has 2 aromatic carbocycles. The van der Waals surface area contributed by atoms with Crippen LogP contribution in [0.25, 0.3) is 0 Å². The van der Waals surface area contributed by atoms with Crippen LogP contribution in [0.15, 0.2) is 41.4 Å². The van der Waals surface area contributed by atoms with Crippen LogP contribution < -0.4 is 4.90 Å². The van der Waals surface area contributed by atoms with E-state index in [4.69, 9.17) is 4.99 Å². The van der Waals surface area contributed by atoms with Crippen LogP contribution in [-0.4, -0.2) is 18.8 Å². The molecular formula is C22H28N2. The van der Waals surface area contributed by atoms with Crippen molar-refractivity contribution in [3.8, 4) is 0 Å². The van der Waals surface area contributed by atoms with E-state index in [0.717, 1.165) is 5.69 Å². The van der Waals surface area contributed by atoms with Crippen molar-refractivity contribution in [2.75, 3.05) is 11.9 Å². The molecule has 0 fully saturated rings. The lowest BCUT2D eigenvalue weighted by Crippen LogP contribution is -2.45. The molecule has 1 unspecified atom stereocenters. The molecule has 0 spiro atoms. The predicted octanol–water partition coefficient (Wildman–Crippen LogP) is 5.78. The summed E-state index contributed by atoms with van der Waals surface area (Å²) < 4.78 is 0. The zero-order valence-corrected chi connectivity index (χ0v) is 15.7. The van der Waals surface area contributed by atoms with Gasteiger partial charge in [0.25, 0.3) is 0 Å². The fraction of sp³-hybridized carbons (Fsp3) is 0.409. The Morgan fingerprint density at radius 1 is 1.12 bits per heavy atom. The third-order valence-electron chi connectivity index (χ3n) is 5.36. The van der Waals surface area contributed by atoms with E-state index in [-0.39, 0.29) is 5.54 Å². The summed E-state index contributed by atoms with van der Waals surface area (Å²) in [5.41, 5.74) is 7.71. The first-order valence-corrected chi connectivity index (χ1v) is 8.77. The molecule has 2 heteroatoms. The Hall–Kier alpha value is -2.09. The molecule has 24 heavy (non-hydrogen) atoms. The molecule has 0 saturated carbocycles. The Morgan fingerprint density at radius 3 is 2.58 bits per heavy atom. The standard InChI is InChI=1S/C22H28N2/c1-15-7-9-20(16(2)11-15)23-14-18-8-10-21-19(12-18)17(3)13-22(4,5)24(21)6/h7-12,14,17H,13H2,1-6H3. The van der Waals surface area contributed by atoms with Gasteiger partial charge in [-0.3, -0.25) is 4.99 Å². The Bertz CT molecular complexity index is 787. The highest BCUT2D eigenvalue weighted by Crippen LogP contribution is 2.42. The van der Waals surface area contributed by atoms with Crippen molar-refractivity contribution in [3.05, 3.63) is 58.7 Å². The number of rotatable bonds is 2. The first kappa shape index (κ1) is 16.8. The number of nitrogens with zero attached hydrogens (tertiary/aromatic N) is 2. The van der Waals surface area contributed by atoms with Crippen LogP contribution in [0.2, 0.25) is 0 Å². The molecule has 2 nitrogen and oxygen atoms in total. The van der Waals surface area contributed by atoms with Gasteiger partial charge in [-0.15, -0.1) is 0 Å². The van der Waals surface area contributed by atoms with Gasteiger partial charge in [-0.1, -0.05) is 30.7 Å². The lowest BCUT2D eigenvalue weighted by Gasteiger charge is -2.45. The fourth-order valence-electron chi connectivity index (χ4n) is 3.77. The number of hydrogen-bond donors (Lipinski definition) is 0. The van der Waals surface area contributed by atoms with Gasteiger partial charge in [0.05, 0.1) is 5.69 Å². The smallest absolute Gasteiger partial charge is 0.0659 e. The number of aliphatic imine (C=N–C) groups is 1.